The summed E-state index contributed by atoms with van der Waals surface area (Å²) in [5.74, 6) is 0.649. The number of nitrogens with zero attached hydrogens (tertiary/aromatic N) is 2. The van der Waals surface area contributed by atoms with E-state index in [0.29, 0.717) is 0 Å². The quantitative estimate of drug-likeness (QED) is 0.697. The van der Waals surface area contributed by atoms with Crippen LogP contribution in [0.5, 0.6) is 0 Å². The molecule has 0 radical (unpaired) electrons. The molecular formula is C26H35N3O3S. The Labute approximate surface area is 198 Å². The van der Waals surface area contributed by atoms with Crippen LogP contribution >= 0.6 is 0 Å². The van der Waals surface area contributed by atoms with Gasteiger partial charge in [-0.1, -0.05) is 30.3 Å². The van der Waals surface area contributed by atoms with Crippen molar-refractivity contribution in [3.8, 4) is 0 Å². The highest BCUT2D eigenvalue weighted by atomic mass is 32.2. The SMILES string of the molecule is Cc1cccc(C)c1C(=O)NC(c1ccc(S(=O)(=O)N(C)C)cc1)C12CCC(CC1)CN2C. The molecule has 1 unspecified atom stereocenters. The minimum absolute atomic E-state index is 0.0731. The standard InChI is InChI=1S/C26H35N3O3S/c1-18-7-6-8-19(2)23(18)25(30)27-24(26-15-13-20(14-16-26)17-29(26)5)21-9-11-22(12-10-21)33(31,32)28(3)4/h6-12,20,24H,13-17H2,1-5H3,(H,27,30). The van der Waals surface area contributed by atoms with Gasteiger partial charge in [0.25, 0.3) is 5.91 Å². The summed E-state index contributed by atoms with van der Waals surface area (Å²) in [6.07, 6.45) is 4.35. The number of carbonyl (C=O) groups excluding carboxylic acids is 1. The summed E-state index contributed by atoms with van der Waals surface area (Å²) in [5.41, 5.74) is 3.40. The van der Waals surface area contributed by atoms with Gasteiger partial charge in [0.05, 0.1) is 10.9 Å². The Morgan fingerprint density at radius 1 is 1.06 bits per heavy atom. The Kier molecular flexibility index (Phi) is 6.42. The Morgan fingerprint density at radius 3 is 2.15 bits per heavy atom. The minimum atomic E-state index is -3.51. The van der Waals surface area contributed by atoms with E-state index in [4.69, 9.17) is 0 Å². The van der Waals surface area contributed by atoms with E-state index in [2.05, 4.69) is 17.3 Å². The summed E-state index contributed by atoms with van der Waals surface area (Å²) >= 11 is 0. The number of fused-ring (bicyclic) bond motifs is 3. The number of rotatable bonds is 6. The molecule has 1 saturated carbocycles. The van der Waals surface area contributed by atoms with Gasteiger partial charge >= 0.3 is 0 Å². The normalized spacial score (nSPS) is 24.1. The number of hydrogen-bond acceptors (Lipinski definition) is 4. The van der Waals surface area contributed by atoms with Crippen molar-refractivity contribution in [3.63, 3.8) is 0 Å². The van der Waals surface area contributed by atoms with Gasteiger partial charge in [-0.2, -0.15) is 0 Å². The van der Waals surface area contributed by atoms with Crippen LogP contribution in [0.1, 0.15) is 58.8 Å². The average molecular weight is 470 g/mol. The van der Waals surface area contributed by atoms with E-state index in [1.54, 1.807) is 12.1 Å². The first kappa shape index (κ1) is 23.9. The predicted molar refractivity (Wildman–Crippen MR) is 131 cm³/mol. The zero-order valence-corrected chi connectivity index (χ0v) is 21.1. The van der Waals surface area contributed by atoms with Crippen LogP contribution in [-0.2, 0) is 10.0 Å². The van der Waals surface area contributed by atoms with Crippen LogP contribution in [0.4, 0.5) is 0 Å². The number of hydrogen-bond donors (Lipinski definition) is 1. The van der Waals surface area contributed by atoms with E-state index in [1.807, 2.05) is 44.2 Å². The van der Waals surface area contributed by atoms with Crippen LogP contribution in [-0.4, -0.2) is 56.8 Å². The molecule has 2 aromatic rings. The van der Waals surface area contributed by atoms with Crippen molar-refractivity contribution in [1.82, 2.24) is 14.5 Å². The van der Waals surface area contributed by atoms with Crippen molar-refractivity contribution < 1.29 is 13.2 Å². The van der Waals surface area contributed by atoms with Gasteiger partial charge in [-0.25, -0.2) is 12.7 Å². The zero-order valence-electron chi connectivity index (χ0n) is 20.3. The lowest BCUT2D eigenvalue weighted by atomic mass is 9.65. The Morgan fingerprint density at radius 2 is 1.64 bits per heavy atom. The van der Waals surface area contributed by atoms with E-state index in [-0.39, 0.29) is 22.4 Å². The largest absolute Gasteiger partial charge is 0.343 e. The third kappa shape index (κ3) is 4.22. The highest BCUT2D eigenvalue weighted by molar-refractivity contribution is 7.89. The van der Waals surface area contributed by atoms with E-state index in [1.165, 1.54) is 18.4 Å². The molecule has 2 bridgehead atoms. The number of likely N-dealkylation sites (N-methyl/N-ethyl adjacent to an activating group) is 1. The Bertz CT molecular complexity index is 1110. The van der Waals surface area contributed by atoms with Crippen LogP contribution in [0.3, 0.4) is 0 Å². The molecule has 2 aromatic carbocycles. The summed E-state index contributed by atoms with van der Waals surface area (Å²) < 4.78 is 26.4. The Hall–Kier alpha value is -2.22. The number of piperidine rings is 2. The van der Waals surface area contributed by atoms with Crippen molar-refractivity contribution in [3.05, 3.63) is 64.7 Å². The van der Waals surface area contributed by atoms with Crippen LogP contribution < -0.4 is 5.32 Å². The molecule has 1 N–H and O–H groups in total. The first-order chi connectivity index (χ1) is 15.6. The molecular weight excluding hydrogens is 434 g/mol. The van der Waals surface area contributed by atoms with E-state index < -0.39 is 10.0 Å². The fraction of sp³-hybridized carbons (Fsp3) is 0.500. The highest BCUT2D eigenvalue weighted by Crippen LogP contribution is 2.49. The van der Waals surface area contributed by atoms with Gasteiger partial charge in [0.15, 0.2) is 0 Å². The second-order valence-corrected chi connectivity index (χ2v) is 12.1. The van der Waals surface area contributed by atoms with Crippen molar-refractivity contribution >= 4 is 15.9 Å². The maximum absolute atomic E-state index is 13.6. The number of nitrogens with one attached hydrogen (secondary N) is 1. The van der Waals surface area contributed by atoms with E-state index >= 15 is 0 Å². The molecule has 1 amide bonds. The van der Waals surface area contributed by atoms with Crippen molar-refractivity contribution in [2.45, 2.75) is 56.0 Å². The molecule has 2 saturated heterocycles. The van der Waals surface area contributed by atoms with Crippen LogP contribution in [0.2, 0.25) is 0 Å². The molecule has 0 aromatic heterocycles. The average Bonchev–Trinajstić information content (AvgIpc) is 2.78. The molecule has 5 rings (SSSR count). The molecule has 7 heteroatoms. The van der Waals surface area contributed by atoms with Gasteiger partial charge < -0.3 is 5.32 Å². The smallest absolute Gasteiger partial charge is 0.252 e. The van der Waals surface area contributed by atoms with Crippen LogP contribution in [0.25, 0.3) is 0 Å². The second kappa shape index (κ2) is 8.85. The van der Waals surface area contributed by atoms with Gasteiger partial charge in [-0.05, 0) is 81.3 Å². The fourth-order valence-corrected chi connectivity index (χ4v) is 6.67. The summed E-state index contributed by atoms with van der Waals surface area (Å²) in [4.78, 5) is 16.3. The molecule has 2 heterocycles. The molecule has 1 atom stereocenters. The molecule has 3 aliphatic rings. The number of benzene rings is 2. The number of sulfonamides is 1. The number of carbonyl (C=O) groups is 1. The summed E-state index contributed by atoms with van der Waals surface area (Å²) in [5, 5.41) is 3.39. The van der Waals surface area contributed by atoms with Crippen molar-refractivity contribution in [2.75, 3.05) is 27.7 Å². The maximum atomic E-state index is 13.6. The van der Waals surface area contributed by atoms with Gasteiger partial charge in [0.1, 0.15) is 0 Å². The predicted octanol–water partition coefficient (Wildman–Crippen LogP) is 3.90. The first-order valence-electron chi connectivity index (χ1n) is 11.7. The molecule has 0 spiro atoms. The lowest BCUT2D eigenvalue weighted by Gasteiger charge is -2.57. The minimum Gasteiger partial charge on any atom is -0.343 e. The van der Waals surface area contributed by atoms with Gasteiger partial charge in [0, 0.05) is 31.7 Å². The zero-order chi connectivity index (χ0) is 24.0. The topological polar surface area (TPSA) is 69.7 Å². The lowest BCUT2D eigenvalue weighted by molar-refractivity contribution is -0.0404. The molecule has 33 heavy (non-hydrogen) atoms. The molecule has 2 aliphatic heterocycles. The highest BCUT2D eigenvalue weighted by Gasteiger charge is 2.50. The number of aryl methyl sites for hydroxylation is 2. The molecule has 178 valence electrons. The van der Waals surface area contributed by atoms with Crippen molar-refractivity contribution in [1.29, 1.82) is 0 Å². The van der Waals surface area contributed by atoms with Gasteiger partial charge in [0.2, 0.25) is 10.0 Å². The fourth-order valence-electron chi connectivity index (χ4n) is 5.77. The molecule has 3 fully saturated rings. The lowest BCUT2D eigenvalue weighted by Crippen LogP contribution is -2.62. The third-order valence-electron chi connectivity index (χ3n) is 7.78. The van der Waals surface area contributed by atoms with E-state index in [0.717, 1.165) is 60.4 Å². The Balaban J connectivity index is 1.75. The van der Waals surface area contributed by atoms with Gasteiger partial charge in [-0.15, -0.1) is 0 Å². The van der Waals surface area contributed by atoms with Crippen LogP contribution in [0.15, 0.2) is 47.4 Å². The third-order valence-corrected chi connectivity index (χ3v) is 9.61. The number of amides is 1. The summed E-state index contributed by atoms with van der Waals surface area (Å²) in [6.45, 7) is 4.96. The van der Waals surface area contributed by atoms with E-state index in [9.17, 15) is 13.2 Å². The van der Waals surface area contributed by atoms with Gasteiger partial charge in [-0.3, -0.25) is 9.69 Å². The first-order valence-corrected chi connectivity index (χ1v) is 13.1. The molecule has 6 nitrogen and oxygen atoms in total. The van der Waals surface area contributed by atoms with Crippen LogP contribution in [0, 0.1) is 19.8 Å². The molecule has 1 aliphatic carbocycles. The second-order valence-electron chi connectivity index (χ2n) is 9.96. The van der Waals surface area contributed by atoms with Crippen molar-refractivity contribution in [2.24, 2.45) is 5.92 Å². The summed E-state index contributed by atoms with van der Waals surface area (Å²) in [7, 11) is 1.72. The maximum Gasteiger partial charge on any atom is 0.252 e. The summed E-state index contributed by atoms with van der Waals surface area (Å²) in [6, 6.07) is 12.7. The monoisotopic (exact) mass is 469 g/mol.